The number of carbonyl (C=O) groups is 1. The van der Waals surface area contributed by atoms with Crippen LogP contribution in [0.4, 0.5) is 0 Å². The third-order valence-electron chi connectivity index (χ3n) is 8.56. The van der Waals surface area contributed by atoms with E-state index in [1.165, 1.54) is 102 Å². The van der Waals surface area contributed by atoms with Gasteiger partial charge in [0.15, 0.2) is 0 Å². The fourth-order valence-electron chi connectivity index (χ4n) is 6.53. The molecule has 1 saturated carbocycles. The van der Waals surface area contributed by atoms with Gasteiger partial charge in [0.25, 0.3) is 0 Å². The van der Waals surface area contributed by atoms with E-state index in [4.69, 9.17) is 4.74 Å². The second-order valence-corrected chi connectivity index (χ2v) is 11.5. The first-order valence-electron chi connectivity index (χ1n) is 15.3. The molecule has 4 atom stereocenters. The van der Waals surface area contributed by atoms with Gasteiger partial charge in [-0.1, -0.05) is 128 Å². The summed E-state index contributed by atoms with van der Waals surface area (Å²) < 4.78 is 5.99. The minimum Gasteiger partial charge on any atom is -0.494 e. The van der Waals surface area contributed by atoms with E-state index in [0.717, 1.165) is 25.2 Å². The summed E-state index contributed by atoms with van der Waals surface area (Å²) in [5.74, 6) is 1.76. The molecule has 4 unspecified atom stereocenters. The zero-order chi connectivity index (χ0) is 25.4. The predicted octanol–water partition coefficient (Wildman–Crippen LogP) is 9.71. The zero-order valence-electron chi connectivity index (χ0n) is 23.0. The molecule has 0 heterocycles. The molecule has 3 heteroatoms. The van der Waals surface area contributed by atoms with Crippen molar-refractivity contribution in [2.45, 2.75) is 128 Å². The Labute approximate surface area is 221 Å². The fourth-order valence-corrected chi connectivity index (χ4v) is 6.53. The highest BCUT2D eigenvalue weighted by atomic mass is 16.5. The molecular weight excluding hydrogens is 444 g/mol. The maximum atomic E-state index is 11.4. The number of rotatable bonds is 21. The largest absolute Gasteiger partial charge is 0.494 e. The van der Waals surface area contributed by atoms with Crippen LogP contribution in [0.25, 0.3) is 0 Å². The summed E-state index contributed by atoms with van der Waals surface area (Å²) in [5.41, 5.74) is 1.27. The lowest BCUT2D eigenvalue weighted by molar-refractivity contribution is -0.138. The molecule has 2 aliphatic carbocycles. The van der Waals surface area contributed by atoms with E-state index in [2.05, 4.69) is 43.3 Å². The SMILES string of the molecule is CCCCCCCCCCCCCCCCCCOc1ccc(C2C3C=CC(C3)C2CC(=O)O)cc1. The summed E-state index contributed by atoms with van der Waals surface area (Å²) in [4.78, 5) is 11.4. The van der Waals surface area contributed by atoms with Crippen molar-refractivity contribution < 1.29 is 14.6 Å². The first-order valence-corrected chi connectivity index (χ1v) is 15.3. The van der Waals surface area contributed by atoms with E-state index in [1.54, 1.807) is 0 Å². The third kappa shape index (κ3) is 9.94. The van der Waals surface area contributed by atoms with Crippen molar-refractivity contribution in [3.05, 3.63) is 42.0 Å². The average molecular weight is 497 g/mol. The summed E-state index contributed by atoms with van der Waals surface area (Å²) in [7, 11) is 0. The summed E-state index contributed by atoms with van der Waals surface area (Å²) in [6, 6.07) is 8.48. The number of hydrogen-bond acceptors (Lipinski definition) is 2. The Hall–Kier alpha value is -1.77. The van der Waals surface area contributed by atoms with Gasteiger partial charge in [-0.05, 0) is 54.2 Å². The molecule has 3 rings (SSSR count). The number of fused-ring (bicyclic) bond motifs is 2. The van der Waals surface area contributed by atoms with E-state index in [0.29, 0.717) is 17.8 Å². The highest BCUT2D eigenvalue weighted by Gasteiger charge is 2.45. The first-order chi connectivity index (χ1) is 17.7. The van der Waals surface area contributed by atoms with E-state index in [9.17, 15) is 9.90 Å². The molecular formula is C33H52O3. The van der Waals surface area contributed by atoms with Gasteiger partial charge in [0.05, 0.1) is 6.61 Å². The predicted molar refractivity (Wildman–Crippen MR) is 151 cm³/mol. The maximum Gasteiger partial charge on any atom is 0.303 e. The van der Waals surface area contributed by atoms with Crippen molar-refractivity contribution >= 4 is 5.97 Å². The van der Waals surface area contributed by atoms with Crippen molar-refractivity contribution in [1.29, 1.82) is 0 Å². The molecule has 1 N–H and O–H groups in total. The Morgan fingerprint density at radius 2 is 1.25 bits per heavy atom. The van der Waals surface area contributed by atoms with Crippen molar-refractivity contribution in [2.75, 3.05) is 6.61 Å². The smallest absolute Gasteiger partial charge is 0.303 e. The molecule has 202 valence electrons. The van der Waals surface area contributed by atoms with Crippen LogP contribution in [0.3, 0.4) is 0 Å². The molecule has 2 aliphatic rings. The van der Waals surface area contributed by atoms with Gasteiger partial charge < -0.3 is 9.84 Å². The number of allylic oxidation sites excluding steroid dienone is 2. The second kappa shape index (κ2) is 16.9. The molecule has 0 aromatic heterocycles. The lowest BCUT2D eigenvalue weighted by Gasteiger charge is -2.27. The Morgan fingerprint density at radius 3 is 1.78 bits per heavy atom. The Bertz CT molecular complexity index is 753. The van der Waals surface area contributed by atoms with E-state index in [-0.39, 0.29) is 12.3 Å². The third-order valence-corrected chi connectivity index (χ3v) is 8.56. The molecule has 0 radical (unpaired) electrons. The van der Waals surface area contributed by atoms with Crippen LogP contribution in [0, 0.1) is 17.8 Å². The van der Waals surface area contributed by atoms with Crippen LogP contribution >= 0.6 is 0 Å². The highest BCUT2D eigenvalue weighted by molar-refractivity contribution is 5.67. The van der Waals surface area contributed by atoms with Crippen molar-refractivity contribution in [1.82, 2.24) is 0 Å². The molecule has 1 aromatic rings. The number of carboxylic acid groups (broad SMARTS) is 1. The number of carboxylic acids is 1. The summed E-state index contributed by atoms with van der Waals surface area (Å²) in [6.07, 6.45) is 28.1. The molecule has 1 aromatic carbocycles. The standard InChI is InChI=1S/C33H52O3/c1-2-3-4-5-6-7-8-9-10-11-12-13-14-15-16-17-24-36-30-22-20-27(21-23-30)33-29-19-18-28(25-29)31(33)26-32(34)35/h18-23,28-29,31,33H,2-17,24-26H2,1H3,(H,34,35). The number of benzene rings is 1. The van der Waals surface area contributed by atoms with Crippen LogP contribution in [-0.4, -0.2) is 17.7 Å². The maximum absolute atomic E-state index is 11.4. The number of ether oxygens (including phenoxy) is 1. The molecule has 0 saturated heterocycles. The summed E-state index contributed by atoms with van der Waals surface area (Å²) >= 11 is 0. The van der Waals surface area contributed by atoms with Crippen LogP contribution in [0.2, 0.25) is 0 Å². The van der Waals surface area contributed by atoms with E-state index in [1.807, 2.05) is 0 Å². The van der Waals surface area contributed by atoms with Gasteiger partial charge in [0.1, 0.15) is 5.75 Å². The molecule has 1 fully saturated rings. The zero-order valence-corrected chi connectivity index (χ0v) is 23.0. The van der Waals surface area contributed by atoms with Crippen LogP contribution in [0.15, 0.2) is 36.4 Å². The number of hydrogen-bond donors (Lipinski definition) is 1. The Kier molecular flexibility index (Phi) is 13.5. The lowest BCUT2D eigenvalue weighted by Crippen LogP contribution is -2.21. The van der Waals surface area contributed by atoms with Gasteiger partial charge in [0.2, 0.25) is 0 Å². The Balaban J connectivity index is 1.16. The fraction of sp³-hybridized carbons (Fsp3) is 0.727. The normalized spacial score (nSPS) is 22.4. The first kappa shape index (κ1) is 28.8. The number of aliphatic carboxylic acids is 1. The lowest BCUT2D eigenvalue weighted by atomic mass is 9.77. The summed E-state index contributed by atoms with van der Waals surface area (Å²) in [6.45, 7) is 3.08. The molecule has 0 aliphatic heterocycles. The molecule has 0 spiro atoms. The highest BCUT2D eigenvalue weighted by Crippen LogP contribution is 2.54. The molecule has 36 heavy (non-hydrogen) atoms. The average Bonchev–Trinajstić information content (AvgIpc) is 3.48. The van der Waals surface area contributed by atoms with Crippen LogP contribution in [0.1, 0.15) is 134 Å². The van der Waals surface area contributed by atoms with Gasteiger partial charge in [-0.2, -0.15) is 0 Å². The molecule has 3 nitrogen and oxygen atoms in total. The second-order valence-electron chi connectivity index (χ2n) is 11.5. The molecule has 2 bridgehead atoms. The van der Waals surface area contributed by atoms with Crippen molar-refractivity contribution in [3.8, 4) is 5.75 Å². The van der Waals surface area contributed by atoms with Crippen LogP contribution in [-0.2, 0) is 4.79 Å². The number of unbranched alkanes of at least 4 members (excludes halogenated alkanes) is 15. The van der Waals surface area contributed by atoms with Gasteiger partial charge in [-0.25, -0.2) is 0 Å². The van der Waals surface area contributed by atoms with Gasteiger partial charge >= 0.3 is 5.97 Å². The van der Waals surface area contributed by atoms with Gasteiger partial charge in [-0.3, -0.25) is 4.79 Å². The van der Waals surface area contributed by atoms with Crippen molar-refractivity contribution in [2.24, 2.45) is 17.8 Å². The molecule has 0 amide bonds. The van der Waals surface area contributed by atoms with Gasteiger partial charge in [0, 0.05) is 6.42 Å². The van der Waals surface area contributed by atoms with E-state index < -0.39 is 5.97 Å². The summed E-state index contributed by atoms with van der Waals surface area (Å²) in [5, 5.41) is 9.34. The quantitative estimate of drug-likeness (QED) is 0.136. The van der Waals surface area contributed by atoms with Gasteiger partial charge in [-0.15, -0.1) is 0 Å². The Morgan fingerprint density at radius 1 is 0.750 bits per heavy atom. The topological polar surface area (TPSA) is 46.5 Å². The van der Waals surface area contributed by atoms with Crippen LogP contribution < -0.4 is 4.74 Å². The monoisotopic (exact) mass is 496 g/mol. The van der Waals surface area contributed by atoms with Crippen LogP contribution in [0.5, 0.6) is 5.75 Å². The van der Waals surface area contributed by atoms with E-state index >= 15 is 0 Å². The minimum atomic E-state index is -0.676. The minimum absolute atomic E-state index is 0.231. The van der Waals surface area contributed by atoms with Crippen molar-refractivity contribution in [3.63, 3.8) is 0 Å².